The van der Waals surface area contributed by atoms with Crippen LogP contribution in [0.1, 0.15) is 16.1 Å². The molecule has 2 aromatic heterocycles. The Labute approximate surface area is 125 Å². The van der Waals surface area contributed by atoms with E-state index in [1.165, 1.54) is 0 Å². The summed E-state index contributed by atoms with van der Waals surface area (Å²) >= 11 is 11.6. The molecule has 0 atom stereocenters. The highest BCUT2D eigenvalue weighted by Gasteiger charge is 2.14. The number of benzene rings is 1. The van der Waals surface area contributed by atoms with E-state index in [-0.39, 0.29) is 0 Å². The number of aromatic nitrogens is 1. The molecule has 20 heavy (non-hydrogen) atoms. The van der Waals surface area contributed by atoms with Crippen molar-refractivity contribution in [2.75, 3.05) is 0 Å². The number of halogens is 2. The lowest BCUT2D eigenvalue weighted by molar-refractivity contribution is 0.108. The predicted molar refractivity (Wildman–Crippen MR) is 79.4 cm³/mol. The molecule has 3 nitrogen and oxygen atoms in total. The maximum Gasteiger partial charge on any atom is 0.253 e. The summed E-state index contributed by atoms with van der Waals surface area (Å²) < 4.78 is 5.53. The minimum absolute atomic E-state index is 0.364. The van der Waals surface area contributed by atoms with Crippen LogP contribution in [0.25, 0.3) is 22.4 Å². The van der Waals surface area contributed by atoms with Crippen molar-refractivity contribution in [1.29, 1.82) is 0 Å². The van der Waals surface area contributed by atoms with Crippen molar-refractivity contribution in [3.8, 4) is 11.5 Å². The molecule has 1 aromatic carbocycles. The third kappa shape index (κ3) is 2.30. The minimum atomic E-state index is -0.552. The normalized spacial score (nSPS) is 10.9. The molecule has 0 saturated carbocycles. The van der Waals surface area contributed by atoms with Gasteiger partial charge in [-0.15, -0.1) is 0 Å². The third-order valence-corrected chi connectivity index (χ3v) is 3.41. The van der Waals surface area contributed by atoms with Crippen LogP contribution >= 0.6 is 23.2 Å². The first-order valence-electron chi connectivity index (χ1n) is 5.91. The zero-order chi connectivity index (χ0) is 14.3. The molecule has 0 radical (unpaired) electrons. The molecule has 3 rings (SSSR count). The van der Waals surface area contributed by atoms with Crippen LogP contribution in [0.2, 0.25) is 5.02 Å². The molecule has 3 aromatic rings. The van der Waals surface area contributed by atoms with E-state index in [9.17, 15) is 4.79 Å². The van der Waals surface area contributed by atoms with Gasteiger partial charge in [0.15, 0.2) is 5.76 Å². The maximum atomic E-state index is 11.6. The summed E-state index contributed by atoms with van der Waals surface area (Å²) in [6, 6.07) is 10.4. The summed E-state index contributed by atoms with van der Waals surface area (Å²) in [6.07, 6.45) is 0. The van der Waals surface area contributed by atoms with Gasteiger partial charge in [0.2, 0.25) is 0 Å². The highest BCUT2D eigenvalue weighted by atomic mass is 35.5. The van der Waals surface area contributed by atoms with Gasteiger partial charge in [-0.2, -0.15) is 0 Å². The van der Waals surface area contributed by atoms with Gasteiger partial charge in [-0.05, 0) is 54.9 Å². The second kappa shape index (κ2) is 4.93. The van der Waals surface area contributed by atoms with Crippen LogP contribution in [0, 0.1) is 6.92 Å². The largest absolute Gasteiger partial charge is 0.460 e. The molecule has 0 unspecified atom stereocenters. The zero-order valence-electron chi connectivity index (χ0n) is 10.5. The SMILES string of the molecule is Cc1ccc(-c2cc(C(=O)Cl)c3cc(Cl)ccc3n2)o1. The second-order valence-corrected chi connectivity index (χ2v) is 5.18. The highest BCUT2D eigenvalue weighted by molar-refractivity contribution is 6.68. The lowest BCUT2D eigenvalue weighted by atomic mass is 10.1. The highest BCUT2D eigenvalue weighted by Crippen LogP contribution is 2.28. The van der Waals surface area contributed by atoms with Gasteiger partial charge in [-0.1, -0.05) is 11.6 Å². The van der Waals surface area contributed by atoms with Crippen LogP contribution in [-0.2, 0) is 0 Å². The van der Waals surface area contributed by atoms with Crippen molar-refractivity contribution in [3.05, 3.63) is 52.7 Å². The molecule has 0 saturated heterocycles. The molecule has 0 aliphatic heterocycles. The number of nitrogens with zero attached hydrogens (tertiary/aromatic N) is 1. The average Bonchev–Trinajstić information content (AvgIpc) is 2.84. The smallest absolute Gasteiger partial charge is 0.253 e. The lowest BCUT2D eigenvalue weighted by Gasteiger charge is -2.06. The molecule has 0 bridgehead atoms. The molecule has 0 spiro atoms. The number of carbonyl (C=O) groups excluding carboxylic acids is 1. The van der Waals surface area contributed by atoms with Gasteiger partial charge in [-0.25, -0.2) is 4.98 Å². The summed E-state index contributed by atoms with van der Waals surface area (Å²) in [6.45, 7) is 1.85. The first-order chi connectivity index (χ1) is 9.54. The van der Waals surface area contributed by atoms with E-state index in [1.807, 2.05) is 19.1 Å². The summed E-state index contributed by atoms with van der Waals surface area (Å²) in [7, 11) is 0. The monoisotopic (exact) mass is 305 g/mol. The van der Waals surface area contributed by atoms with Crippen LogP contribution in [0.4, 0.5) is 0 Å². The topological polar surface area (TPSA) is 43.1 Å². The Bertz CT molecular complexity index is 824. The number of rotatable bonds is 2. The fourth-order valence-corrected chi connectivity index (χ4v) is 2.39. The van der Waals surface area contributed by atoms with Gasteiger partial charge in [-0.3, -0.25) is 4.79 Å². The van der Waals surface area contributed by atoms with Crippen LogP contribution in [0.3, 0.4) is 0 Å². The third-order valence-electron chi connectivity index (χ3n) is 2.98. The molecule has 100 valence electrons. The first-order valence-corrected chi connectivity index (χ1v) is 6.67. The zero-order valence-corrected chi connectivity index (χ0v) is 12.0. The predicted octanol–water partition coefficient (Wildman–Crippen LogP) is 4.84. The Kier molecular flexibility index (Phi) is 3.24. The van der Waals surface area contributed by atoms with Crippen LogP contribution < -0.4 is 0 Å². The number of hydrogen-bond donors (Lipinski definition) is 0. The second-order valence-electron chi connectivity index (χ2n) is 4.40. The van der Waals surface area contributed by atoms with Crippen molar-refractivity contribution in [1.82, 2.24) is 4.98 Å². The number of hydrogen-bond acceptors (Lipinski definition) is 3. The van der Waals surface area contributed by atoms with E-state index in [0.717, 1.165) is 5.76 Å². The van der Waals surface area contributed by atoms with Gasteiger partial charge < -0.3 is 4.42 Å². The Morgan fingerprint density at radius 1 is 1.20 bits per heavy atom. The molecule has 0 fully saturated rings. The summed E-state index contributed by atoms with van der Waals surface area (Å²) in [5.74, 6) is 1.37. The number of furan rings is 1. The van der Waals surface area contributed by atoms with E-state index in [4.69, 9.17) is 27.6 Å². The maximum absolute atomic E-state index is 11.6. The van der Waals surface area contributed by atoms with Gasteiger partial charge >= 0.3 is 0 Å². The van der Waals surface area contributed by atoms with E-state index < -0.39 is 5.24 Å². The lowest BCUT2D eigenvalue weighted by Crippen LogP contribution is -1.95. The molecule has 0 amide bonds. The van der Waals surface area contributed by atoms with E-state index in [1.54, 1.807) is 24.3 Å². The Morgan fingerprint density at radius 2 is 2.00 bits per heavy atom. The van der Waals surface area contributed by atoms with Crippen molar-refractivity contribution in [2.24, 2.45) is 0 Å². The fraction of sp³-hybridized carbons (Fsp3) is 0.0667. The molecule has 2 heterocycles. The molecular formula is C15H9Cl2NO2. The number of pyridine rings is 1. The van der Waals surface area contributed by atoms with E-state index in [0.29, 0.717) is 32.9 Å². The number of aryl methyl sites for hydroxylation is 1. The van der Waals surface area contributed by atoms with Gasteiger partial charge in [0.05, 0.1) is 5.52 Å². The van der Waals surface area contributed by atoms with Crippen molar-refractivity contribution < 1.29 is 9.21 Å². The number of carbonyl (C=O) groups is 1. The van der Waals surface area contributed by atoms with Gasteiger partial charge in [0, 0.05) is 16.0 Å². The molecule has 5 heteroatoms. The fourth-order valence-electron chi connectivity index (χ4n) is 2.06. The number of fused-ring (bicyclic) bond motifs is 1. The van der Waals surface area contributed by atoms with Gasteiger partial charge in [0.1, 0.15) is 11.5 Å². The minimum Gasteiger partial charge on any atom is -0.460 e. The average molecular weight is 306 g/mol. The van der Waals surface area contributed by atoms with Crippen molar-refractivity contribution in [3.63, 3.8) is 0 Å². The quantitative estimate of drug-likeness (QED) is 0.636. The Morgan fingerprint density at radius 3 is 2.65 bits per heavy atom. The molecule has 0 aliphatic rings. The van der Waals surface area contributed by atoms with Crippen molar-refractivity contribution >= 4 is 39.3 Å². The first kappa shape index (κ1) is 13.2. The Balaban J connectivity index is 2.31. The van der Waals surface area contributed by atoms with Crippen LogP contribution in [0.15, 0.2) is 40.8 Å². The van der Waals surface area contributed by atoms with Crippen LogP contribution in [0.5, 0.6) is 0 Å². The molecular weight excluding hydrogens is 297 g/mol. The van der Waals surface area contributed by atoms with E-state index >= 15 is 0 Å². The summed E-state index contributed by atoms with van der Waals surface area (Å²) in [4.78, 5) is 16.1. The van der Waals surface area contributed by atoms with E-state index in [2.05, 4.69) is 4.98 Å². The molecule has 0 N–H and O–H groups in total. The summed E-state index contributed by atoms with van der Waals surface area (Å²) in [5.41, 5.74) is 1.57. The van der Waals surface area contributed by atoms with Crippen LogP contribution in [-0.4, -0.2) is 10.2 Å². The van der Waals surface area contributed by atoms with Gasteiger partial charge in [0.25, 0.3) is 5.24 Å². The summed E-state index contributed by atoms with van der Waals surface area (Å²) in [5, 5.41) is 0.605. The van der Waals surface area contributed by atoms with Crippen molar-refractivity contribution in [2.45, 2.75) is 6.92 Å². The molecule has 0 aliphatic carbocycles. The Hall–Kier alpha value is -1.84. The standard InChI is InChI=1S/C15H9Cl2NO2/c1-8-2-5-14(20-8)13-7-11(15(17)19)10-6-9(16)3-4-12(10)18-13/h2-7H,1H3.